The lowest BCUT2D eigenvalue weighted by molar-refractivity contribution is 0.0951. The van der Waals surface area contributed by atoms with E-state index in [1.165, 1.54) is 18.3 Å². The molecule has 0 atom stereocenters. The van der Waals surface area contributed by atoms with Crippen molar-refractivity contribution in [2.24, 2.45) is 5.10 Å². The zero-order chi connectivity index (χ0) is 21.8. The second-order valence-electron chi connectivity index (χ2n) is 6.83. The summed E-state index contributed by atoms with van der Waals surface area (Å²) in [6.07, 6.45) is 3.44. The summed E-state index contributed by atoms with van der Waals surface area (Å²) in [5.41, 5.74) is 5.07. The van der Waals surface area contributed by atoms with Crippen molar-refractivity contribution < 1.29 is 9.18 Å². The van der Waals surface area contributed by atoms with Crippen molar-refractivity contribution in [2.45, 2.75) is 6.54 Å². The van der Waals surface area contributed by atoms with E-state index in [2.05, 4.69) is 15.1 Å². The van der Waals surface area contributed by atoms with E-state index in [9.17, 15) is 9.18 Å². The summed E-state index contributed by atoms with van der Waals surface area (Å²) in [7, 11) is 0. The molecule has 1 amide bonds. The number of nitriles is 1. The molecule has 0 saturated heterocycles. The number of fused-ring (bicyclic) bond motifs is 1. The molecule has 0 spiro atoms. The zero-order valence-electron chi connectivity index (χ0n) is 16.2. The molecule has 0 saturated carbocycles. The van der Waals surface area contributed by atoms with Crippen molar-refractivity contribution in [1.82, 2.24) is 9.99 Å². The summed E-state index contributed by atoms with van der Waals surface area (Å²) >= 11 is 6.31. The van der Waals surface area contributed by atoms with Crippen LogP contribution in [-0.2, 0) is 6.54 Å². The molecule has 31 heavy (non-hydrogen) atoms. The predicted octanol–water partition coefficient (Wildman–Crippen LogP) is 5.12. The average Bonchev–Trinajstić information content (AvgIpc) is 3.12. The Morgan fingerprint density at radius 1 is 1.16 bits per heavy atom. The van der Waals surface area contributed by atoms with Crippen LogP contribution in [-0.4, -0.2) is 16.7 Å². The van der Waals surface area contributed by atoms with Gasteiger partial charge in [0.25, 0.3) is 5.91 Å². The summed E-state index contributed by atoms with van der Waals surface area (Å²) in [6, 6.07) is 20.9. The van der Waals surface area contributed by atoms with E-state index in [-0.39, 0.29) is 11.1 Å². The maximum absolute atomic E-state index is 14.0. The molecule has 5 nitrogen and oxygen atoms in total. The average molecular weight is 431 g/mol. The van der Waals surface area contributed by atoms with Crippen LogP contribution < -0.4 is 5.43 Å². The monoisotopic (exact) mass is 430 g/mol. The van der Waals surface area contributed by atoms with E-state index < -0.39 is 11.7 Å². The molecule has 0 unspecified atom stereocenters. The normalized spacial score (nSPS) is 11.0. The first kappa shape index (κ1) is 20.3. The number of hydrazone groups is 1. The number of nitrogens with one attached hydrogen (secondary N) is 1. The van der Waals surface area contributed by atoms with Gasteiger partial charge in [0, 0.05) is 34.2 Å². The number of benzene rings is 3. The predicted molar refractivity (Wildman–Crippen MR) is 119 cm³/mol. The molecule has 1 N–H and O–H groups in total. The Balaban J connectivity index is 1.57. The van der Waals surface area contributed by atoms with E-state index in [1.807, 2.05) is 60.8 Å². The van der Waals surface area contributed by atoms with Gasteiger partial charge in [0.15, 0.2) is 0 Å². The fourth-order valence-corrected chi connectivity index (χ4v) is 3.50. The summed E-state index contributed by atoms with van der Waals surface area (Å²) in [6.45, 7) is 0.580. The second-order valence-corrected chi connectivity index (χ2v) is 7.23. The molecule has 0 radical (unpaired) electrons. The molecule has 3 aromatic carbocycles. The van der Waals surface area contributed by atoms with E-state index in [1.54, 1.807) is 0 Å². The molecule has 1 aromatic heterocycles. The number of hydrogen-bond acceptors (Lipinski definition) is 3. The number of rotatable bonds is 5. The second kappa shape index (κ2) is 8.82. The van der Waals surface area contributed by atoms with Gasteiger partial charge in [-0.25, -0.2) is 9.82 Å². The van der Waals surface area contributed by atoms with Gasteiger partial charge in [-0.1, -0.05) is 48.0 Å². The quantitative estimate of drug-likeness (QED) is 0.352. The number of aromatic nitrogens is 1. The number of halogens is 2. The third-order valence-electron chi connectivity index (χ3n) is 4.83. The number of carbonyl (C=O) groups excluding carboxylic acids is 1. The largest absolute Gasteiger partial charge is 0.342 e. The van der Waals surface area contributed by atoms with Crippen LogP contribution in [0, 0.1) is 17.1 Å². The Labute approximate surface area is 183 Å². The molecule has 0 aliphatic heterocycles. The van der Waals surface area contributed by atoms with Crippen LogP contribution in [0.1, 0.15) is 27.0 Å². The SMILES string of the molecule is N#Cc1ccc(C(=O)N/N=C\c2cn(Cc3ccccc3Cl)c3ccccc23)c(F)c1. The lowest BCUT2D eigenvalue weighted by Gasteiger charge is -2.07. The Kier molecular flexibility index (Phi) is 5.78. The van der Waals surface area contributed by atoms with E-state index in [4.69, 9.17) is 16.9 Å². The van der Waals surface area contributed by atoms with Crippen molar-refractivity contribution in [3.8, 4) is 6.07 Å². The molecular formula is C24H16ClFN4O. The highest BCUT2D eigenvalue weighted by Crippen LogP contribution is 2.23. The van der Waals surface area contributed by atoms with Crippen molar-refractivity contribution in [3.63, 3.8) is 0 Å². The standard InChI is InChI=1S/C24H16ClFN4O/c25-21-7-3-1-5-17(21)14-30-15-18(19-6-2-4-8-23(19)30)13-28-29-24(31)20-10-9-16(12-27)11-22(20)26/h1-11,13,15H,14H2,(H,29,31)/b28-13-. The van der Waals surface area contributed by atoms with E-state index >= 15 is 0 Å². The van der Waals surface area contributed by atoms with Gasteiger partial charge in [-0.2, -0.15) is 10.4 Å². The van der Waals surface area contributed by atoms with Crippen LogP contribution in [0.15, 0.2) is 78.0 Å². The van der Waals surface area contributed by atoms with Gasteiger partial charge < -0.3 is 4.57 Å². The highest BCUT2D eigenvalue weighted by Gasteiger charge is 2.12. The number of hydrogen-bond donors (Lipinski definition) is 1. The van der Waals surface area contributed by atoms with Crippen molar-refractivity contribution in [3.05, 3.63) is 106 Å². The first-order valence-electron chi connectivity index (χ1n) is 9.41. The molecule has 4 aromatic rings. The maximum atomic E-state index is 14.0. The van der Waals surface area contributed by atoms with Gasteiger partial charge in [0.1, 0.15) is 5.82 Å². The van der Waals surface area contributed by atoms with Gasteiger partial charge in [-0.3, -0.25) is 4.79 Å². The summed E-state index contributed by atoms with van der Waals surface area (Å²) < 4.78 is 16.1. The summed E-state index contributed by atoms with van der Waals surface area (Å²) in [5, 5.41) is 14.4. The third-order valence-corrected chi connectivity index (χ3v) is 5.20. The van der Waals surface area contributed by atoms with E-state index in [0.29, 0.717) is 11.6 Å². The molecule has 0 aliphatic carbocycles. The van der Waals surface area contributed by atoms with Gasteiger partial charge >= 0.3 is 0 Å². The fourth-order valence-electron chi connectivity index (χ4n) is 3.31. The third kappa shape index (κ3) is 4.32. The first-order chi connectivity index (χ1) is 15.1. The van der Waals surface area contributed by atoms with Crippen molar-refractivity contribution in [1.29, 1.82) is 5.26 Å². The molecule has 1 heterocycles. The first-order valence-corrected chi connectivity index (χ1v) is 9.79. The zero-order valence-corrected chi connectivity index (χ0v) is 17.0. The van der Waals surface area contributed by atoms with Gasteiger partial charge in [-0.05, 0) is 35.9 Å². The molecule has 7 heteroatoms. The maximum Gasteiger partial charge on any atom is 0.274 e. The van der Waals surface area contributed by atoms with Crippen LogP contribution in [0.4, 0.5) is 4.39 Å². The molecular weight excluding hydrogens is 415 g/mol. The molecule has 152 valence electrons. The Hall–Kier alpha value is -3.95. The van der Waals surface area contributed by atoms with Crippen LogP contribution in [0.2, 0.25) is 5.02 Å². The molecule has 0 bridgehead atoms. The smallest absolute Gasteiger partial charge is 0.274 e. The molecule has 0 aliphatic rings. The van der Waals surface area contributed by atoms with Gasteiger partial charge in [-0.15, -0.1) is 0 Å². The number of carbonyl (C=O) groups is 1. The highest BCUT2D eigenvalue weighted by molar-refractivity contribution is 6.31. The van der Waals surface area contributed by atoms with Crippen molar-refractivity contribution >= 4 is 34.6 Å². The van der Waals surface area contributed by atoms with Crippen molar-refractivity contribution in [2.75, 3.05) is 0 Å². The Bertz CT molecular complexity index is 1350. The fraction of sp³-hybridized carbons (Fsp3) is 0.0417. The van der Waals surface area contributed by atoms with Gasteiger partial charge in [0.2, 0.25) is 0 Å². The molecule has 4 rings (SSSR count). The van der Waals surface area contributed by atoms with Crippen LogP contribution >= 0.6 is 11.6 Å². The number of para-hydroxylation sites is 1. The summed E-state index contributed by atoms with van der Waals surface area (Å²) in [4.78, 5) is 12.2. The van der Waals surface area contributed by atoms with E-state index in [0.717, 1.165) is 28.1 Å². The van der Waals surface area contributed by atoms with Crippen LogP contribution in [0.5, 0.6) is 0 Å². The lowest BCUT2D eigenvalue weighted by Crippen LogP contribution is -2.19. The Morgan fingerprint density at radius 2 is 1.94 bits per heavy atom. The van der Waals surface area contributed by atoms with Crippen LogP contribution in [0.3, 0.4) is 0 Å². The highest BCUT2D eigenvalue weighted by atomic mass is 35.5. The summed E-state index contributed by atoms with van der Waals surface area (Å²) in [5.74, 6) is -1.47. The van der Waals surface area contributed by atoms with Crippen LogP contribution in [0.25, 0.3) is 10.9 Å². The topological polar surface area (TPSA) is 70.2 Å². The minimum absolute atomic E-state index is 0.142. The lowest BCUT2D eigenvalue weighted by atomic mass is 10.1. The molecule has 0 fully saturated rings. The minimum atomic E-state index is -0.775. The van der Waals surface area contributed by atoms with Gasteiger partial charge in [0.05, 0.1) is 23.4 Å². The number of nitrogens with zero attached hydrogens (tertiary/aromatic N) is 3. The number of amides is 1. The Morgan fingerprint density at radius 3 is 2.71 bits per heavy atom. The minimum Gasteiger partial charge on any atom is -0.342 e.